The van der Waals surface area contributed by atoms with Gasteiger partial charge in [-0.25, -0.2) is 4.57 Å². The number of hydrogen-bond acceptors (Lipinski definition) is 6. The molecule has 44 heavy (non-hydrogen) atoms. The van der Waals surface area contributed by atoms with E-state index in [2.05, 4.69) is 82.6 Å². The van der Waals surface area contributed by atoms with Gasteiger partial charge in [0.25, 0.3) is 12.1 Å². The van der Waals surface area contributed by atoms with Crippen LogP contribution in [0, 0.1) is 0 Å². The van der Waals surface area contributed by atoms with Gasteiger partial charge >= 0.3 is 7.82 Å². The average molecular weight is 639 g/mol. The fraction of sp³-hybridized carbons (Fsp3) is 0.250. The van der Waals surface area contributed by atoms with Crippen LogP contribution in [0.1, 0.15) is 23.0 Å². The molecule has 12 heteroatoms. The second kappa shape index (κ2) is 14.2. The highest BCUT2D eigenvalue weighted by atomic mass is 31.2. The first-order valence-electron chi connectivity index (χ1n) is 14.2. The topological polar surface area (TPSA) is 149 Å². The largest absolute Gasteiger partial charge is 0.469 e. The Bertz CT molecular complexity index is 1480. The van der Waals surface area contributed by atoms with Gasteiger partial charge in [0.05, 0.1) is 12.8 Å². The number of aliphatic hydroxyl groups is 2. The Morgan fingerprint density at radius 2 is 1.39 bits per heavy atom. The Hall–Kier alpha value is -3.30. The SMILES string of the molecule is O=C(NCCC[P+](c1ccccc1)(c1ccccc1)c1ccccc1)c1ccc[n+]([C@@H]2O[C@H](COP(=O)(O)O)[C@@H](O)[C@H]2O)c1. The van der Waals surface area contributed by atoms with E-state index < -0.39 is 46.2 Å². The molecule has 2 heterocycles. The van der Waals surface area contributed by atoms with Gasteiger partial charge in [0.15, 0.2) is 18.5 Å². The summed E-state index contributed by atoms with van der Waals surface area (Å²) in [5.74, 6) is -0.308. The summed E-state index contributed by atoms with van der Waals surface area (Å²) in [6.07, 6.45) is -0.472. The summed E-state index contributed by atoms with van der Waals surface area (Å²) in [7, 11) is -6.81. The first kappa shape index (κ1) is 32.1. The lowest BCUT2D eigenvalue weighted by Crippen LogP contribution is -2.46. The molecule has 230 valence electrons. The Morgan fingerprint density at radius 3 is 1.91 bits per heavy atom. The standard InChI is InChI=1S/C32H34N2O8P2/c35-29-28(23-41-44(38,39)40)42-32(30(29)36)34-20-10-12-24(22-34)31(37)33-19-11-21-43(25-13-4-1-5-14-25,26-15-6-2-7-16-26)27-17-8-3-9-18-27/h1-10,12-18,20,22,28-30,32,35-36H,11,19,21,23H2,(H-2,33,37,38,39,40)/p+2/t28-,29-,30-,32-/m1/s1. The van der Waals surface area contributed by atoms with Crippen LogP contribution in [0.2, 0.25) is 0 Å². The summed E-state index contributed by atoms with van der Waals surface area (Å²) in [5, 5.41) is 27.7. The molecule has 3 aromatic carbocycles. The minimum Gasteiger partial charge on any atom is -0.387 e. The monoisotopic (exact) mass is 638 g/mol. The highest BCUT2D eigenvalue weighted by molar-refractivity contribution is 7.95. The zero-order valence-electron chi connectivity index (χ0n) is 23.9. The van der Waals surface area contributed by atoms with Crippen LogP contribution in [0.3, 0.4) is 0 Å². The molecule has 0 spiro atoms. The van der Waals surface area contributed by atoms with Gasteiger partial charge in [-0.2, -0.15) is 4.57 Å². The normalized spacial score (nSPS) is 20.4. The molecular formula is C32H36N2O8P2+2. The molecule has 0 aliphatic carbocycles. The fourth-order valence-electron chi connectivity index (χ4n) is 5.57. The van der Waals surface area contributed by atoms with E-state index in [9.17, 15) is 19.6 Å². The second-order valence-electron chi connectivity index (χ2n) is 10.5. The molecule has 1 fully saturated rings. The van der Waals surface area contributed by atoms with Crippen LogP contribution in [-0.4, -0.2) is 63.5 Å². The lowest BCUT2D eigenvalue weighted by Gasteiger charge is -2.27. The van der Waals surface area contributed by atoms with Crippen molar-refractivity contribution in [3.8, 4) is 0 Å². The van der Waals surface area contributed by atoms with Gasteiger partial charge < -0.3 is 30.1 Å². The number of pyridine rings is 1. The zero-order chi connectivity index (χ0) is 31.2. The molecule has 10 nitrogen and oxygen atoms in total. The van der Waals surface area contributed by atoms with Gasteiger partial charge in [-0.3, -0.25) is 9.32 Å². The van der Waals surface area contributed by atoms with E-state index in [1.807, 2.05) is 18.2 Å². The number of carbonyl (C=O) groups is 1. The van der Waals surface area contributed by atoms with Crippen LogP contribution in [-0.2, 0) is 13.8 Å². The van der Waals surface area contributed by atoms with Crippen molar-refractivity contribution in [2.75, 3.05) is 19.3 Å². The van der Waals surface area contributed by atoms with E-state index in [4.69, 9.17) is 14.5 Å². The van der Waals surface area contributed by atoms with Gasteiger partial charge in [0, 0.05) is 12.6 Å². The lowest BCUT2D eigenvalue weighted by molar-refractivity contribution is -0.765. The summed E-state index contributed by atoms with van der Waals surface area (Å²) in [4.78, 5) is 31.1. The summed E-state index contributed by atoms with van der Waals surface area (Å²) in [6.45, 7) is -0.177. The molecular weight excluding hydrogens is 602 g/mol. The van der Waals surface area contributed by atoms with Crippen molar-refractivity contribution in [1.29, 1.82) is 0 Å². The maximum Gasteiger partial charge on any atom is 0.469 e. The van der Waals surface area contributed by atoms with Crippen molar-refractivity contribution in [3.05, 3.63) is 121 Å². The average Bonchev–Trinajstić information content (AvgIpc) is 3.34. The van der Waals surface area contributed by atoms with E-state index in [-0.39, 0.29) is 5.91 Å². The molecule has 1 aromatic heterocycles. The van der Waals surface area contributed by atoms with E-state index in [0.29, 0.717) is 12.1 Å². The van der Waals surface area contributed by atoms with Crippen LogP contribution >= 0.6 is 15.1 Å². The Morgan fingerprint density at radius 1 is 0.841 bits per heavy atom. The van der Waals surface area contributed by atoms with Gasteiger partial charge in [-0.05, 0) is 48.9 Å². The summed E-state index contributed by atoms with van der Waals surface area (Å²) < 4.78 is 22.6. The van der Waals surface area contributed by atoms with Gasteiger partial charge in [0.2, 0.25) is 0 Å². The van der Waals surface area contributed by atoms with Gasteiger partial charge in [-0.1, -0.05) is 54.6 Å². The number of nitrogens with one attached hydrogen (secondary N) is 1. The molecule has 0 bridgehead atoms. The van der Waals surface area contributed by atoms with Crippen molar-refractivity contribution < 1.29 is 43.2 Å². The molecule has 0 unspecified atom stereocenters. The first-order chi connectivity index (χ1) is 21.2. The number of benzene rings is 3. The molecule has 4 atom stereocenters. The Balaban J connectivity index is 1.29. The highest BCUT2D eigenvalue weighted by Crippen LogP contribution is 2.55. The molecule has 1 aliphatic rings. The maximum atomic E-state index is 13.2. The summed E-state index contributed by atoms with van der Waals surface area (Å²) in [6, 6.07) is 34.9. The molecule has 4 aromatic rings. The summed E-state index contributed by atoms with van der Waals surface area (Å²) >= 11 is 0. The van der Waals surface area contributed by atoms with Crippen molar-refractivity contribution in [2.45, 2.75) is 31.0 Å². The molecule has 1 aliphatic heterocycles. The summed E-state index contributed by atoms with van der Waals surface area (Å²) in [5.41, 5.74) is 0.322. The third kappa shape index (κ3) is 7.32. The first-order valence-corrected chi connectivity index (χ1v) is 17.7. The number of phosphoric ester groups is 1. The van der Waals surface area contributed by atoms with E-state index in [0.717, 1.165) is 12.6 Å². The van der Waals surface area contributed by atoms with Crippen LogP contribution in [0.15, 0.2) is 116 Å². The second-order valence-corrected chi connectivity index (χ2v) is 15.4. The smallest absolute Gasteiger partial charge is 0.387 e. The predicted molar refractivity (Wildman–Crippen MR) is 168 cm³/mol. The van der Waals surface area contributed by atoms with E-state index in [1.165, 1.54) is 26.7 Å². The minimum absolute atomic E-state index is 0.308. The number of hydrogen-bond donors (Lipinski definition) is 5. The van der Waals surface area contributed by atoms with Crippen LogP contribution in [0.5, 0.6) is 0 Å². The Kier molecular flexibility index (Phi) is 10.4. The zero-order valence-corrected chi connectivity index (χ0v) is 25.7. The van der Waals surface area contributed by atoms with Gasteiger partial charge in [0.1, 0.15) is 40.9 Å². The predicted octanol–water partition coefficient (Wildman–Crippen LogP) is 1.82. The number of rotatable bonds is 12. The number of nitrogens with zero attached hydrogens (tertiary/aromatic N) is 1. The third-order valence-corrected chi connectivity index (χ3v) is 12.7. The van der Waals surface area contributed by atoms with Gasteiger partial charge in [-0.15, -0.1) is 0 Å². The number of aromatic nitrogens is 1. The Labute approximate surface area is 256 Å². The van der Waals surface area contributed by atoms with Crippen molar-refractivity contribution >= 4 is 36.9 Å². The molecule has 0 saturated carbocycles. The molecule has 5 N–H and O–H groups in total. The number of aliphatic hydroxyl groups excluding tert-OH is 2. The lowest BCUT2D eigenvalue weighted by atomic mass is 10.1. The molecule has 0 radical (unpaired) electrons. The van der Waals surface area contributed by atoms with Crippen LogP contribution in [0.25, 0.3) is 0 Å². The molecule has 1 amide bonds. The highest BCUT2D eigenvalue weighted by Gasteiger charge is 2.49. The molecule has 5 rings (SSSR count). The number of carbonyl (C=O) groups excluding carboxylic acids is 1. The quantitative estimate of drug-likeness (QED) is 0.0897. The maximum absolute atomic E-state index is 13.2. The van der Waals surface area contributed by atoms with Crippen molar-refractivity contribution in [2.24, 2.45) is 0 Å². The van der Waals surface area contributed by atoms with Crippen LogP contribution < -0.4 is 25.8 Å². The number of phosphoric acid groups is 1. The number of amides is 1. The van der Waals surface area contributed by atoms with Crippen molar-refractivity contribution in [3.63, 3.8) is 0 Å². The van der Waals surface area contributed by atoms with Crippen LogP contribution in [0.4, 0.5) is 0 Å². The fourth-order valence-corrected chi connectivity index (χ4v) is 10.3. The number of ether oxygens (including phenoxy) is 1. The molecule has 1 saturated heterocycles. The van der Waals surface area contributed by atoms with E-state index in [1.54, 1.807) is 18.3 Å². The van der Waals surface area contributed by atoms with Crippen molar-refractivity contribution in [1.82, 2.24) is 5.32 Å². The minimum atomic E-state index is -4.78. The third-order valence-electron chi connectivity index (χ3n) is 7.67. The van der Waals surface area contributed by atoms with E-state index >= 15 is 0 Å².